The van der Waals surface area contributed by atoms with Gasteiger partial charge in [-0.3, -0.25) is 4.79 Å². The monoisotopic (exact) mass is 374 g/mol. The van der Waals surface area contributed by atoms with Gasteiger partial charge >= 0.3 is 5.97 Å². The predicted octanol–water partition coefficient (Wildman–Crippen LogP) is 2.06. The molecule has 0 amide bonds. The third kappa shape index (κ3) is 4.47. The Kier molecular flexibility index (Phi) is 6.88. The van der Waals surface area contributed by atoms with Gasteiger partial charge in [0.05, 0.1) is 23.4 Å². The average Bonchev–Trinajstić information content (AvgIpc) is 3.08. The van der Waals surface area contributed by atoms with Gasteiger partial charge in [-0.2, -0.15) is 0 Å². The summed E-state index contributed by atoms with van der Waals surface area (Å²) in [6, 6.07) is 1.53. The molecule has 0 spiro atoms. The van der Waals surface area contributed by atoms with Gasteiger partial charge in [-0.15, -0.1) is 11.3 Å². The van der Waals surface area contributed by atoms with Crippen LogP contribution in [0.1, 0.15) is 28.0 Å². The summed E-state index contributed by atoms with van der Waals surface area (Å²) < 4.78 is 5.04. The van der Waals surface area contributed by atoms with Crippen molar-refractivity contribution in [3.05, 3.63) is 56.4 Å². The molecule has 7 nitrogen and oxygen atoms in total. The highest BCUT2D eigenvalue weighted by Crippen LogP contribution is 2.26. The van der Waals surface area contributed by atoms with Crippen molar-refractivity contribution in [2.45, 2.75) is 13.8 Å². The van der Waals surface area contributed by atoms with Crippen molar-refractivity contribution in [3.63, 3.8) is 0 Å². The lowest BCUT2D eigenvalue weighted by molar-refractivity contribution is 0.0525. The Morgan fingerprint density at radius 2 is 2.27 bits per heavy atom. The van der Waals surface area contributed by atoms with E-state index in [0.717, 1.165) is 10.6 Å². The number of allylic oxidation sites excluding steroid dienone is 2. The molecule has 2 aromatic rings. The molecule has 0 unspecified atom stereocenters. The smallest absolute Gasteiger partial charge is 0.339 e. The van der Waals surface area contributed by atoms with E-state index < -0.39 is 5.97 Å². The number of rotatable bonds is 7. The molecule has 0 aromatic carbocycles. The van der Waals surface area contributed by atoms with Crippen LogP contribution in [-0.4, -0.2) is 36.1 Å². The molecule has 0 fully saturated rings. The van der Waals surface area contributed by atoms with Crippen molar-refractivity contribution < 1.29 is 9.53 Å². The van der Waals surface area contributed by atoms with Crippen molar-refractivity contribution in [3.8, 4) is 11.3 Å². The zero-order valence-electron chi connectivity index (χ0n) is 15.0. The molecule has 0 radical (unpaired) electrons. The molecule has 0 saturated carbocycles. The highest BCUT2D eigenvalue weighted by Gasteiger charge is 2.17. The van der Waals surface area contributed by atoms with E-state index in [4.69, 9.17) is 10.5 Å². The summed E-state index contributed by atoms with van der Waals surface area (Å²) in [5.74, 6) is -0.473. The topological polar surface area (TPSA) is 110 Å². The van der Waals surface area contributed by atoms with E-state index in [1.807, 2.05) is 13.1 Å². The molecule has 26 heavy (non-hydrogen) atoms. The number of carbonyl (C=O) groups is 1. The van der Waals surface area contributed by atoms with Crippen molar-refractivity contribution in [1.82, 2.24) is 15.3 Å². The standard InChI is InChI=1S/C18H22N4O3S/c1-4-25-18(24)13-9-14(16(23)21-11(13)2)15-10-26-17(22-15)12(5-7-19)6-8-20-3/h5-7,9-10,20H,4,8,19H2,1-3H3,(H,21,23)/b7-5-,12-6+. The fourth-order valence-corrected chi connectivity index (χ4v) is 3.15. The second kappa shape index (κ2) is 9.12. The molecular formula is C18H22N4O3S. The van der Waals surface area contributed by atoms with E-state index in [1.165, 1.54) is 23.6 Å². The maximum absolute atomic E-state index is 12.3. The predicted molar refractivity (Wildman–Crippen MR) is 104 cm³/mol. The number of hydrogen-bond acceptors (Lipinski definition) is 7. The number of aromatic nitrogens is 2. The Morgan fingerprint density at radius 1 is 1.50 bits per heavy atom. The zero-order chi connectivity index (χ0) is 19.1. The highest BCUT2D eigenvalue weighted by molar-refractivity contribution is 7.11. The summed E-state index contributed by atoms with van der Waals surface area (Å²) in [6.07, 6.45) is 5.15. The van der Waals surface area contributed by atoms with Crippen LogP contribution < -0.4 is 16.6 Å². The zero-order valence-corrected chi connectivity index (χ0v) is 15.8. The molecule has 2 aromatic heterocycles. The molecule has 8 heteroatoms. The summed E-state index contributed by atoms with van der Waals surface area (Å²) in [4.78, 5) is 31.7. The molecule has 2 rings (SSSR count). The molecule has 0 aliphatic heterocycles. The largest absolute Gasteiger partial charge is 0.462 e. The number of hydrogen-bond donors (Lipinski definition) is 3. The number of aromatic amines is 1. The van der Waals surface area contributed by atoms with E-state index in [-0.39, 0.29) is 12.2 Å². The van der Waals surface area contributed by atoms with Crippen molar-refractivity contribution in [2.24, 2.45) is 5.73 Å². The van der Waals surface area contributed by atoms with Crippen molar-refractivity contribution in [1.29, 1.82) is 0 Å². The highest BCUT2D eigenvalue weighted by atomic mass is 32.1. The molecule has 0 aliphatic carbocycles. The van der Waals surface area contributed by atoms with Gasteiger partial charge in [0.25, 0.3) is 5.56 Å². The van der Waals surface area contributed by atoms with Gasteiger partial charge in [0, 0.05) is 23.2 Å². The van der Waals surface area contributed by atoms with Gasteiger partial charge in [0.2, 0.25) is 0 Å². The lowest BCUT2D eigenvalue weighted by Gasteiger charge is -2.06. The molecule has 4 N–H and O–H groups in total. The van der Waals surface area contributed by atoms with E-state index >= 15 is 0 Å². The molecule has 2 heterocycles. The van der Waals surface area contributed by atoms with Crippen LogP contribution in [0.4, 0.5) is 0 Å². The molecule has 0 atom stereocenters. The second-order valence-electron chi connectivity index (χ2n) is 5.39. The first kappa shape index (κ1) is 19.6. The Morgan fingerprint density at radius 3 is 2.92 bits per heavy atom. The SMILES string of the molecule is CCOC(=O)c1cc(-c2csc(C(/C=C\N)=C/CNC)n2)c(=O)[nH]c1C. The normalized spacial score (nSPS) is 11.9. The molecule has 0 bridgehead atoms. The van der Waals surface area contributed by atoms with Gasteiger partial charge in [0.1, 0.15) is 5.01 Å². The van der Waals surface area contributed by atoms with E-state index in [9.17, 15) is 9.59 Å². The maximum Gasteiger partial charge on any atom is 0.339 e. The lowest BCUT2D eigenvalue weighted by atomic mass is 10.1. The fourth-order valence-electron chi connectivity index (χ4n) is 2.31. The summed E-state index contributed by atoms with van der Waals surface area (Å²) in [7, 11) is 1.84. The summed E-state index contributed by atoms with van der Waals surface area (Å²) in [6.45, 7) is 4.32. The Bertz CT molecular complexity index is 896. The minimum Gasteiger partial charge on any atom is -0.462 e. The van der Waals surface area contributed by atoms with Gasteiger partial charge in [0.15, 0.2) is 0 Å². The number of nitrogens with one attached hydrogen (secondary N) is 2. The second-order valence-corrected chi connectivity index (χ2v) is 6.24. The number of nitrogens with two attached hydrogens (primary N) is 1. The quantitative estimate of drug-likeness (QED) is 0.505. The van der Waals surface area contributed by atoms with Crippen LogP contribution in [-0.2, 0) is 4.74 Å². The number of aryl methyl sites for hydroxylation is 1. The third-order valence-electron chi connectivity index (χ3n) is 3.56. The Hall–Kier alpha value is -2.71. The molecular weight excluding hydrogens is 352 g/mol. The summed E-state index contributed by atoms with van der Waals surface area (Å²) in [5, 5.41) is 5.54. The van der Waals surface area contributed by atoms with Crippen LogP contribution in [0.15, 0.2) is 34.6 Å². The van der Waals surface area contributed by atoms with Gasteiger partial charge in [-0.05, 0) is 39.2 Å². The fraction of sp³-hybridized carbons (Fsp3) is 0.278. The van der Waals surface area contributed by atoms with Crippen LogP contribution in [0.3, 0.4) is 0 Å². The number of ether oxygens (including phenoxy) is 1. The number of carbonyl (C=O) groups excluding carboxylic acids is 1. The third-order valence-corrected chi connectivity index (χ3v) is 4.45. The molecule has 138 valence electrons. The van der Waals surface area contributed by atoms with Crippen LogP contribution in [0.5, 0.6) is 0 Å². The van der Waals surface area contributed by atoms with Gasteiger partial charge in [-0.1, -0.05) is 6.08 Å². The number of H-pyrrole nitrogens is 1. The minimum atomic E-state index is -0.473. The van der Waals surface area contributed by atoms with E-state index in [1.54, 1.807) is 25.3 Å². The van der Waals surface area contributed by atoms with Crippen LogP contribution >= 0.6 is 11.3 Å². The van der Waals surface area contributed by atoms with Crippen LogP contribution in [0, 0.1) is 6.92 Å². The first-order valence-corrected chi connectivity index (χ1v) is 9.00. The molecule has 0 aliphatic rings. The number of likely N-dealkylation sites (N-methyl/N-ethyl adjacent to an activating group) is 1. The van der Waals surface area contributed by atoms with Gasteiger partial charge in [-0.25, -0.2) is 9.78 Å². The number of esters is 1. The number of pyridine rings is 1. The first-order valence-electron chi connectivity index (χ1n) is 8.12. The Balaban J connectivity index is 2.46. The number of nitrogens with zero attached hydrogens (tertiary/aromatic N) is 1. The minimum absolute atomic E-state index is 0.263. The van der Waals surface area contributed by atoms with Gasteiger partial charge < -0.3 is 20.8 Å². The van der Waals surface area contributed by atoms with Crippen LogP contribution in [0.25, 0.3) is 16.8 Å². The summed E-state index contributed by atoms with van der Waals surface area (Å²) in [5.41, 5.74) is 7.67. The van der Waals surface area contributed by atoms with Crippen LogP contribution in [0.2, 0.25) is 0 Å². The number of thiazole rings is 1. The van der Waals surface area contributed by atoms with E-state index in [2.05, 4.69) is 15.3 Å². The lowest BCUT2D eigenvalue weighted by Crippen LogP contribution is -2.16. The average molecular weight is 374 g/mol. The maximum atomic E-state index is 12.3. The summed E-state index contributed by atoms with van der Waals surface area (Å²) >= 11 is 1.40. The first-order chi connectivity index (χ1) is 12.5. The Labute approximate surface area is 155 Å². The van der Waals surface area contributed by atoms with Crippen molar-refractivity contribution >= 4 is 22.9 Å². The van der Waals surface area contributed by atoms with Crippen molar-refractivity contribution in [2.75, 3.05) is 20.2 Å². The van der Waals surface area contributed by atoms with E-state index in [0.29, 0.717) is 29.1 Å². The molecule has 0 saturated heterocycles.